The van der Waals surface area contributed by atoms with Crippen molar-refractivity contribution >= 4 is 23.6 Å². The van der Waals surface area contributed by atoms with Crippen LogP contribution in [-0.2, 0) is 27.2 Å². The van der Waals surface area contributed by atoms with Gasteiger partial charge >= 0.3 is 0 Å². The van der Waals surface area contributed by atoms with Crippen LogP contribution in [0.25, 0.3) is 0 Å². The first-order valence-electron chi connectivity index (χ1n) is 13.4. The van der Waals surface area contributed by atoms with Crippen LogP contribution < -0.4 is 25.4 Å². The fourth-order valence-corrected chi connectivity index (χ4v) is 4.75. The van der Waals surface area contributed by atoms with Crippen molar-refractivity contribution in [1.29, 1.82) is 0 Å². The van der Waals surface area contributed by atoms with Crippen molar-refractivity contribution < 1.29 is 33.8 Å². The Hall–Kier alpha value is -4.12. The van der Waals surface area contributed by atoms with Gasteiger partial charge in [0, 0.05) is 24.7 Å². The molecule has 2 heterocycles. The molecule has 2 aliphatic rings. The number of ether oxygens (including phenoxy) is 2. The monoisotopic (exact) mass is 552 g/mol. The summed E-state index contributed by atoms with van der Waals surface area (Å²) in [6.45, 7) is 5.43. The number of benzene rings is 2. The first-order chi connectivity index (χ1) is 19.1. The molecule has 40 heavy (non-hydrogen) atoms. The lowest BCUT2D eigenvalue weighted by Gasteiger charge is -2.28. The number of nitrogens with zero attached hydrogens (tertiary/aromatic N) is 1. The van der Waals surface area contributed by atoms with E-state index in [9.17, 15) is 24.3 Å². The van der Waals surface area contributed by atoms with Gasteiger partial charge in [-0.1, -0.05) is 12.1 Å². The van der Waals surface area contributed by atoms with Crippen LogP contribution in [0.15, 0.2) is 36.4 Å². The largest absolute Gasteiger partial charge is 0.454 e. The number of aliphatic hydroxyl groups is 1. The van der Waals surface area contributed by atoms with E-state index in [0.717, 1.165) is 11.1 Å². The van der Waals surface area contributed by atoms with E-state index in [-0.39, 0.29) is 38.1 Å². The molecule has 2 aliphatic heterocycles. The van der Waals surface area contributed by atoms with E-state index in [0.29, 0.717) is 42.0 Å². The summed E-state index contributed by atoms with van der Waals surface area (Å²) in [7, 11) is 0. The van der Waals surface area contributed by atoms with Crippen molar-refractivity contribution in [3.05, 3.63) is 58.7 Å². The van der Waals surface area contributed by atoms with Gasteiger partial charge in [-0.05, 0) is 74.6 Å². The van der Waals surface area contributed by atoms with Crippen LogP contribution in [0.3, 0.4) is 0 Å². The Balaban J connectivity index is 1.53. The highest BCUT2D eigenvalue weighted by Crippen LogP contribution is 2.32. The average Bonchev–Trinajstić information content (AvgIpc) is 3.37. The molecule has 2 aromatic carbocycles. The third kappa shape index (κ3) is 7.29. The normalized spacial score (nSPS) is 21.1. The van der Waals surface area contributed by atoms with Gasteiger partial charge in [0.2, 0.25) is 24.5 Å². The van der Waals surface area contributed by atoms with E-state index in [1.54, 1.807) is 37.3 Å². The molecule has 214 valence electrons. The maximum atomic E-state index is 13.3. The molecule has 4 N–H and O–H groups in total. The number of aryl methyl sites for hydroxylation is 2. The Morgan fingerprint density at radius 2 is 1.88 bits per heavy atom. The molecule has 4 rings (SSSR count). The quantitative estimate of drug-likeness (QED) is 0.441. The fourth-order valence-electron chi connectivity index (χ4n) is 4.75. The lowest BCUT2D eigenvalue weighted by molar-refractivity contribution is -0.136. The summed E-state index contributed by atoms with van der Waals surface area (Å²) in [5.74, 6) is -0.534. The maximum absolute atomic E-state index is 13.3. The molecule has 0 saturated heterocycles. The zero-order valence-electron chi connectivity index (χ0n) is 23.0. The Labute approximate surface area is 233 Å². The second kappa shape index (κ2) is 12.8. The van der Waals surface area contributed by atoms with Crippen molar-refractivity contribution in [1.82, 2.24) is 20.9 Å². The Morgan fingerprint density at radius 1 is 1.10 bits per heavy atom. The van der Waals surface area contributed by atoms with Crippen LogP contribution in [0.2, 0.25) is 0 Å². The Kier molecular flexibility index (Phi) is 9.26. The van der Waals surface area contributed by atoms with Crippen molar-refractivity contribution in [2.75, 3.05) is 26.4 Å². The van der Waals surface area contributed by atoms with E-state index in [1.807, 2.05) is 13.0 Å². The summed E-state index contributed by atoms with van der Waals surface area (Å²) in [5, 5.41) is 18.6. The number of nitrogens with one attached hydrogen (secondary N) is 3. The summed E-state index contributed by atoms with van der Waals surface area (Å²) in [5.41, 5.74) is 3.02. The Morgan fingerprint density at radius 3 is 2.65 bits per heavy atom. The van der Waals surface area contributed by atoms with Gasteiger partial charge < -0.3 is 35.4 Å². The van der Waals surface area contributed by atoms with Crippen molar-refractivity contribution in [2.24, 2.45) is 0 Å². The highest BCUT2D eigenvalue weighted by atomic mass is 16.7. The molecule has 0 aliphatic carbocycles. The van der Waals surface area contributed by atoms with E-state index >= 15 is 0 Å². The van der Waals surface area contributed by atoms with Crippen LogP contribution >= 0.6 is 0 Å². The third-order valence-electron chi connectivity index (χ3n) is 6.97. The number of hydrogen-bond donors (Lipinski definition) is 4. The lowest BCUT2D eigenvalue weighted by Crippen LogP contribution is -2.56. The molecule has 3 atom stereocenters. The minimum atomic E-state index is -1.21. The van der Waals surface area contributed by atoms with E-state index in [2.05, 4.69) is 16.0 Å². The number of aliphatic hydroxyl groups excluding tert-OH is 1. The molecule has 11 nitrogen and oxygen atoms in total. The number of hydrogen-bond acceptors (Lipinski definition) is 7. The van der Waals surface area contributed by atoms with Crippen molar-refractivity contribution in [2.45, 2.75) is 58.2 Å². The molecule has 0 aromatic heterocycles. The zero-order chi connectivity index (χ0) is 28.8. The molecule has 0 spiro atoms. The summed E-state index contributed by atoms with van der Waals surface area (Å²) in [6.07, 6.45) is 0.108. The van der Waals surface area contributed by atoms with E-state index in [4.69, 9.17) is 9.47 Å². The van der Waals surface area contributed by atoms with Gasteiger partial charge in [0.05, 0.1) is 19.1 Å². The fraction of sp³-hybridized carbons (Fsp3) is 0.448. The summed E-state index contributed by atoms with van der Waals surface area (Å²) >= 11 is 0. The molecule has 0 radical (unpaired) electrons. The zero-order valence-corrected chi connectivity index (χ0v) is 23.0. The average molecular weight is 553 g/mol. The van der Waals surface area contributed by atoms with Crippen LogP contribution in [0, 0.1) is 6.92 Å². The minimum Gasteiger partial charge on any atom is -0.454 e. The van der Waals surface area contributed by atoms with Crippen LogP contribution in [0.1, 0.15) is 47.3 Å². The van der Waals surface area contributed by atoms with Crippen LogP contribution in [0.5, 0.6) is 11.5 Å². The van der Waals surface area contributed by atoms with Gasteiger partial charge in [-0.15, -0.1) is 0 Å². The van der Waals surface area contributed by atoms with Crippen molar-refractivity contribution in [3.63, 3.8) is 0 Å². The first-order valence-corrected chi connectivity index (χ1v) is 13.4. The predicted molar refractivity (Wildman–Crippen MR) is 146 cm³/mol. The molecule has 11 heteroatoms. The number of rotatable bonds is 3. The second-order valence-electron chi connectivity index (χ2n) is 10.3. The van der Waals surface area contributed by atoms with Gasteiger partial charge in [0.1, 0.15) is 6.04 Å². The number of carbonyl (C=O) groups excluding carboxylic acids is 4. The molecule has 2 bridgehead atoms. The lowest BCUT2D eigenvalue weighted by atomic mass is 10.00. The number of amides is 4. The SMILES string of the molecule is Cc1ccc2cc1CCCNC(=O)CN(C(=O)Cc1ccc3c(c1)OCO3)C[C@@H](C)NC(=O)[C@H]([C@@H](C)O)NC2=O. The van der Waals surface area contributed by atoms with E-state index < -0.39 is 30.0 Å². The molecular formula is C29H36N4O7. The maximum Gasteiger partial charge on any atom is 0.252 e. The predicted octanol–water partition coefficient (Wildman–Crippen LogP) is 0.841. The molecular weight excluding hydrogens is 516 g/mol. The number of carbonyl (C=O) groups is 4. The topological polar surface area (TPSA) is 146 Å². The standard InChI is InChI=1S/C29H36N4O7/c1-17-6-8-22-13-21(17)5-4-10-30-25(35)15-33(14-18(2)31-29(38)27(19(3)34)32-28(22)37)26(36)12-20-7-9-23-24(11-20)40-16-39-23/h6-9,11,13,18-19,27,34H,4-5,10,12,14-16H2,1-3H3,(H,30,35)(H,31,38)(H,32,37)/t18-,19-,27+/m1/s1. The van der Waals surface area contributed by atoms with Crippen molar-refractivity contribution in [3.8, 4) is 11.5 Å². The van der Waals surface area contributed by atoms with Gasteiger partial charge in [-0.3, -0.25) is 19.2 Å². The van der Waals surface area contributed by atoms with E-state index in [1.165, 1.54) is 11.8 Å². The Bertz CT molecular complexity index is 1280. The smallest absolute Gasteiger partial charge is 0.252 e. The second-order valence-corrected chi connectivity index (χ2v) is 10.3. The summed E-state index contributed by atoms with van der Waals surface area (Å²) in [6, 6.07) is 8.71. The molecule has 4 amide bonds. The highest BCUT2D eigenvalue weighted by Gasteiger charge is 2.29. The molecule has 0 saturated carbocycles. The van der Waals surface area contributed by atoms with Gasteiger partial charge in [0.25, 0.3) is 5.91 Å². The number of fused-ring (bicyclic) bond motifs is 3. The first kappa shape index (κ1) is 28.9. The summed E-state index contributed by atoms with van der Waals surface area (Å²) in [4.78, 5) is 53.6. The molecule has 0 fully saturated rings. The highest BCUT2D eigenvalue weighted by molar-refractivity contribution is 5.98. The minimum absolute atomic E-state index is 0.0197. The van der Waals surface area contributed by atoms with Gasteiger partial charge in [-0.2, -0.15) is 0 Å². The molecule has 2 aromatic rings. The third-order valence-corrected chi connectivity index (χ3v) is 6.97. The van der Waals surface area contributed by atoms with Gasteiger partial charge in [-0.25, -0.2) is 0 Å². The van der Waals surface area contributed by atoms with Gasteiger partial charge in [0.15, 0.2) is 11.5 Å². The summed E-state index contributed by atoms with van der Waals surface area (Å²) < 4.78 is 10.7. The van der Waals surface area contributed by atoms with Crippen LogP contribution in [-0.4, -0.2) is 78.3 Å². The van der Waals surface area contributed by atoms with Crippen LogP contribution in [0.4, 0.5) is 0 Å². The molecule has 0 unspecified atom stereocenters.